The van der Waals surface area contributed by atoms with Crippen LogP contribution in [0, 0.1) is 5.92 Å². The first-order valence-electron chi connectivity index (χ1n) is 6.32. The molecule has 0 radical (unpaired) electrons. The van der Waals surface area contributed by atoms with Crippen LogP contribution in [-0.2, 0) is 0 Å². The Morgan fingerprint density at radius 3 is 2.07 bits per heavy atom. The maximum Gasteiger partial charge on any atom is 0.0170 e. The van der Waals surface area contributed by atoms with Crippen LogP contribution in [0.4, 0.5) is 0 Å². The Kier molecular flexibility index (Phi) is 5.58. The zero-order valence-electron chi connectivity index (χ0n) is 10.6. The summed E-state index contributed by atoms with van der Waals surface area (Å²) in [5.74, 6) is 0.719. The van der Waals surface area contributed by atoms with Gasteiger partial charge in [-0.1, -0.05) is 20.8 Å². The SMILES string of the molecule is CCN1CCN(C[C@@H](N)CC(C)C)CC1. The highest BCUT2D eigenvalue weighted by Crippen LogP contribution is 2.06. The smallest absolute Gasteiger partial charge is 0.0170 e. The minimum absolute atomic E-state index is 0.359. The summed E-state index contributed by atoms with van der Waals surface area (Å²) in [6, 6.07) is 0.359. The van der Waals surface area contributed by atoms with E-state index < -0.39 is 0 Å². The van der Waals surface area contributed by atoms with E-state index in [9.17, 15) is 0 Å². The Balaban J connectivity index is 2.17. The molecule has 90 valence electrons. The molecule has 0 aliphatic carbocycles. The second-order valence-electron chi connectivity index (χ2n) is 5.12. The predicted octanol–water partition coefficient (Wildman–Crippen LogP) is 0.997. The number of nitrogens with zero attached hydrogens (tertiary/aromatic N) is 2. The van der Waals surface area contributed by atoms with Gasteiger partial charge < -0.3 is 10.6 Å². The monoisotopic (exact) mass is 213 g/mol. The molecular formula is C12H27N3. The summed E-state index contributed by atoms with van der Waals surface area (Å²) >= 11 is 0. The molecule has 1 aliphatic rings. The van der Waals surface area contributed by atoms with E-state index in [0.717, 1.165) is 18.9 Å². The Morgan fingerprint density at radius 2 is 1.60 bits per heavy atom. The molecule has 0 saturated carbocycles. The van der Waals surface area contributed by atoms with Crippen molar-refractivity contribution in [3.05, 3.63) is 0 Å². The topological polar surface area (TPSA) is 32.5 Å². The molecule has 3 nitrogen and oxygen atoms in total. The van der Waals surface area contributed by atoms with Crippen molar-refractivity contribution < 1.29 is 0 Å². The van der Waals surface area contributed by atoms with Gasteiger partial charge >= 0.3 is 0 Å². The first-order chi connectivity index (χ1) is 7.11. The summed E-state index contributed by atoms with van der Waals surface area (Å²) in [6.45, 7) is 13.8. The normalized spacial score (nSPS) is 22.2. The van der Waals surface area contributed by atoms with Gasteiger partial charge in [0.1, 0.15) is 0 Å². The summed E-state index contributed by atoms with van der Waals surface area (Å²) in [5.41, 5.74) is 6.12. The van der Waals surface area contributed by atoms with Crippen LogP contribution in [0.25, 0.3) is 0 Å². The Bertz CT molecular complexity index is 162. The molecule has 0 amide bonds. The largest absolute Gasteiger partial charge is 0.327 e. The van der Waals surface area contributed by atoms with Gasteiger partial charge in [-0.05, 0) is 18.9 Å². The molecule has 1 saturated heterocycles. The van der Waals surface area contributed by atoms with Crippen molar-refractivity contribution in [3.63, 3.8) is 0 Å². The summed E-state index contributed by atoms with van der Waals surface area (Å²) in [4.78, 5) is 5.02. The van der Waals surface area contributed by atoms with Crippen LogP contribution in [0.2, 0.25) is 0 Å². The highest BCUT2D eigenvalue weighted by Gasteiger charge is 2.17. The van der Waals surface area contributed by atoms with Crippen LogP contribution in [-0.4, -0.2) is 55.1 Å². The number of piperazine rings is 1. The first-order valence-corrected chi connectivity index (χ1v) is 6.32. The molecule has 0 unspecified atom stereocenters. The predicted molar refractivity (Wildman–Crippen MR) is 66.0 cm³/mol. The minimum Gasteiger partial charge on any atom is -0.327 e. The fraction of sp³-hybridized carbons (Fsp3) is 1.00. The summed E-state index contributed by atoms with van der Waals surface area (Å²) < 4.78 is 0. The lowest BCUT2D eigenvalue weighted by Gasteiger charge is -2.35. The first kappa shape index (κ1) is 12.9. The molecule has 1 heterocycles. The van der Waals surface area contributed by atoms with Crippen molar-refractivity contribution in [3.8, 4) is 0 Å². The third-order valence-electron chi connectivity index (χ3n) is 3.18. The molecule has 1 atom stereocenters. The van der Waals surface area contributed by atoms with Gasteiger partial charge in [-0.25, -0.2) is 0 Å². The van der Waals surface area contributed by atoms with E-state index in [1.807, 2.05) is 0 Å². The van der Waals surface area contributed by atoms with E-state index in [1.165, 1.54) is 32.7 Å². The van der Waals surface area contributed by atoms with Gasteiger partial charge in [0.25, 0.3) is 0 Å². The Labute approximate surface area is 94.6 Å². The van der Waals surface area contributed by atoms with E-state index in [0.29, 0.717) is 6.04 Å². The fourth-order valence-electron chi connectivity index (χ4n) is 2.30. The maximum absolute atomic E-state index is 6.12. The molecule has 0 aromatic rings. The molecule has 0 aromatic heterocycles. The zero-order valence-corrected chi connectivity index (χ0v) is 10.6. The van der Waals surface area contributed by atoms with Gasteiger partial charge in [-0.15, -0.1) is 0 Å². The number of hydrogen-bond donors (Lipinski definition) is 1. The lowest BCUT2D eigenvalue weighted by molar-refractivity contribution is 0.129. The molecule has 1 rings (SSSR count). The lowest BCUT2D eigenvalue weighted by atomic mass is 10.0. The van der Waals surface area contributed by atoms with E-state index in [4.69, 9.17) is 5.73 Å². The van der Waals surface area contributed by atoms with Gasteiger partial charge in [-0.2, -0.15) is 0 Å². The second kappa shape index (κ2) is 6.46. The van der Waals surface area contributed by atoms with Crippen LogP contribution in [0.5, 0.6) is 0 Å². The molecular weight excluding hydrogens is 186 g/mol. The highest BCUT2D eigenvalue weighted by atomic mass is 15.3. The number of nitrogens with two attached hydrogens (primary N) is 1. The average molecular weight is 213 g/mol. The van der Waals surface area contributed by atoms with E-state index in [2.05, 4.69) is 30.6 Å². The number of rotatable bonds is 5. The van der Waals surface area contributed by atoms with Crippen molar-refractivity contribution in [1.29, 1.82) is 0 Å². The molecule has 1 fully saturated rings. The standard InChI is InChI=1S/C12H27N3/c1-4-14-5-7-15(8-6-14)10-12(13)9-11(2)3/h11-12H,4-10,13H2,1-3H3/t12-/m0/s1. The zero-order chi connectivity index (χ0) is 11.3. The molecule has 15 heavy (non-hydrogen) atoms. The summed E-state index contributed by atoms with van der Waals surface area (Å²) in [6.07, 6.45) is 1.15. The highest BCUT2D eigenvalue weighted by molar-refractivity contribution is 4.75. The average Bonchev–Trinajstić information content (AvgIpc) is 2.17. The summed E-state index contributed by atoms with van der Waals surface area (Å²) in [5, 5.41) is 0. The summed E-state index contributed by atoms with van der Waals surface area (Å²) in [7, 11) is 0. The number of likely N-dealkylation sites (N-methyl/N-ethyl adjacent to an activating group) is 1. The van der Waals surface area contributed by atoms with Gasteiger partial charge in [-0.3, -0.25) is 4.90 Å². The van der Waals surface area contributed by atoms with Crippen molar-refractivity contribution in [2.45, 2.75) is 33.2 Å². The van der Waals surface area contributed by atoms with Gasteiger partial charge in [0.2, 0.25) is 0 Å². The van der Waals surface area contributed by atoms with Crippen molar-refractivity contribution in [2.24, 2.45) is 11.7 Å². The Morgan fingerprint density at radius 1 is 1.07 bits per heavy atom. The van der Waals surface area contributed by atoms with Crippen LogP contribution in [0.1, 0.15) is 27.2 Å². The van der Waals surface area contributed by atoms with Crippen molar-refractivity contribution in [1.82, 2.24) is 9.80 Å². The molecule has 0 bridgehead atoms. The molecule has 0 aromatic carbocycles. The van der Waals surface area contributed by atoms with E-state index in [1.54, 1.807) is 0 Å². The maximum atomic E-state index is 6.12. The number of hydrogen-bond acceptors (Lipinski definition) is 3. The van der Waals surface area contributed by atoms with Crippen LogP contribution >= 0.6 is 0 Å². The van der Waals surface area contributed by atoms with E-state index >= 15 is 0 Å². The third-order valence-corrected chi connectivity index (χ3v) is 3.18. The van der Waals surface area contributed by atoms with Gasteiger partial charge in [0, 0.05) is 38.8 Å². The van der Waals surface area contributed by atoms with Crippen LogP contribution in [0.3, 0.4) is 0 Å². The quantitative estimate of drug-likeness (QED) is 0.739. The van der Waals surface area contributed by atoms with Gasteiger partial charge in [0.05, 0.1) is 0 Å². The van der Waals surface area contributed by atoms with Crippen molar-refractivity contribution >= 4 is 0 Å². The minimum atomic E-state index is 0.359. The van der Waals surface area contributed by atoms with E-state index in [-0.39, 0.29) is 0 Å². The molecule has 1 aliphatic heterocycles. The molecule has 2 N–H and O–H groups in total. The van der Waals surface area contributed by atoms with Crippen LogP contribution in [0.15, 0.2) is 0 Å². The van der Waals surface area contributed by atoms with Crippen LogP contribution < -0.4 is 5.73 Å². The fourth-order valence-corrected chi connectivity index (χ4v) is 2.30. The van der Waals surface area contributed by atoms with Crippen molar-refractivity contribution in [2.75, 3.05) is 39.3 Å². The third kappa shape index (κ3) is 4.96. The molecule has 0 spiro atoms. The van der Waals surface area contributed by atoms with Gasteiger partial charge in [0.15, 0.2) is 0 Å². The second-order valence-corrected chi connectivity index (χ2v) is 5.12. The Hall–Kier alpha value is -0.120. The molecule has 3 heteroatoms. The lowest BCUT2D eigenvalue weighted by Crippen LogP contribution is -2.49.